The van der Waals surface area contributed by atoms with Gasteiger partial charge in [-0.2, -0.15) is 0 Å². The van der Waals surface area contributed by atoms with Crippen molar-refractivity contribution in [1.82, 2.24) is 15.0 Å². The highest BCUT2D eigenvalue weighted by Gasteiger charge is 2.25. The molecule has 3 rings (SSSR count). The molecule has 6 heteroatoms. The predicted octanol–water partition coefficient (Wildman–Crippen LogP) is 2.55. The van der Waals surface area contributed by atoms with Crippen LogP contribution in [0.4, 0.5) is 0 Å². The van der Waals surface area contributed by atoms with Gasteiger partial charge in [-0.25, -0.2) is 0 Å². The molecule has 120 valence electrons. The molecular formula is C16H23N3O2S. The summed E-state index contributed by atoms with van der Waals surface area (Å²) in [5.41, 5.74) is 0.936. The number of hydrogen-bond acceptors (Lipinski definition) is 6. The summed E-state index contributed by atoms with van der Waals surface area (Å²) in [5.74, 6) is 0.923. The molecule has 5 nitrogen and oxygen atoms in total. The monoisotopic (exact) mass is 321 g/mol. The first kappa shape index (κ1) is 15.7. The third-order valence-corrected chi connectivity index (χ3v) is 4.92. The summed E-state index contributed by atoms with van der Waals surface area (Å²) in [6.07, 6.45) is 0. The molecule has 0 unspecified atom stereocenters. The normalized spacial score (nSPS) is 18.0. The molecule has 2 aromatic rings. The van der Waals surface area contributed by atoms with Gasteiger partial charge in [-0.15, -0.1) is 11.3 Å². The van der Waals surface area contributed by atoms with Crippen LogP contribution >= 0.6 is 11.3 Å². The van der Waals surface area contributed by atoms with Gasteiger partial charge in [0.1, 0.15) is 0 Å². The van der Waals surface area contributed by atoms with Crippen LogP contribution in [0.2, 0.25) is 0 Å². The maximum absolute atomic E-state index is 5.50. The first-order chi connectivity index (χ1) is 10.7. The Labute approximate surface area is 135 Å². The molecule has 0 spiro atoms. The van der Waals surface area contributed by atoms with E-state index < -0.39 is 0 Å². The molecule has 0 aliphatic carbocycles. The van der Waals surface area contributed by atoms with Gasteiger partial charge in [-0.3, -0.25) is 9.80 Å². The van der Waals surface area contributed by atoms with Crippen LogP contribution in [0.15, 0.2) is 28.1 Å². The van der Waals surface area contributed by atoms with E-state index in [1.165, 1.54) is 4.88 Å². The maximum Gasteiger partial charge on any atom is 0.150 e. The van der Waals surface area contributed by atoms with E-state index in [9.17, 15) is 0 Å². The van der Waals surface area contributed by atoms with E-state index in [-0.39, 0.29) is 0 Å². The van der Waals surface area contributed by atoms with Crippen molar-refractivity contribution in [2.45, 2.75) is 19.5 Å². The number of nitrogens with zero attached hydrogens (tertiary/aromatic N) is 3. The smallest absolute Gasteiger partial charge is 0.150 e. The van der Waals surface area contributed by atoms with Gasteiger partial charge in [0.15, 0.2) is 5.76 Å². The number of morpholine rings is 1. The number of rotatable bonds is 6. The average molecular weight is 321 g/mol. The van der Waals surface area contributed by atoms with E-state index in [0.717, 1.165) is 50.8 Å². The molecule has 2 aromatic heterocycles. The van der Waals surface area contributed by atoms with E-state index in [2.05, 4.69) is 39.5 Å². The summed E-state index contributed by atoms with van der Waals surface area (Å²) in [6, 6.07) is 6.79. The second-order valence-electron chi connectivity index (χ2n) is 5.81. The van der Waals surface area contributed by atoms with Gasteiger partial charge < -0.3 is 9.26 Å². The van der Waals surface area contributed by atoms with E-state index >= 15 is 0 Å². The van der Waals surface area contributed by atoms with Crippen molar-refractivity contribution < 1.29 is 9.26 Å². The van der Waals surface area contributed by atoms with Crippen LogP contribution in [0.1, 0.15) is 22.4 Å². The number of aryl methyl sites for hydroxylation is 1. The van der Waals surface area contributed by atoms with Crippen molar-refractivity contribution in [2.24, 2.45) is 0 Å². The van der Waals surface area contributed by atoms with Gasteiger partial charge in [0.2, 0.25) is 0 Å². The Morgan fingerprint density at radius 2 is 2.23 bits per heavy atom. The summed E-state index contributed by atoms with van der Waals surface area (Å²) in [5, 5.41) is 6.12. The summed E-state index contributed by atoms with van der Waals surface area (Å²) in [6.45, 7) is 7.36. The van der Waals surface area contributed by atoms with Gasteiger partial charge in [0, 0.05) is 30.6 Å². The van der Waals surface area contributed by atoms with Crippen molar-refractivity contribution in [2.75, 3.05) is 39.9 Å². The molecule has 0 aromatic carbocycles. The molecule has 0 amide bonds. The molecule has 1 fully saturated rings. The van der Waals surface area contributed by atoms with Gasteiger partial charge in [-0.05, 0) is 25.4 Å². The van der Waals surface area contributed by atoms with Crippen LogP contribution in [0.5, 0.6) is 0 Å². The average Bonchev–Trinajstić information content (AvgIpc) is 3.18. The summed E-state index contributed by atoms with van der Waals surface area (Å²) in [4.78, 5) is 6.25. The van der Waals surface area contributed by atoms with Gasteiger partial charge >= 0.3 is 0 Å². The first-order valence-electron chi connectivity index (χ1n) is 7.68. The van der Waals surface area contributed by atoms with E-state index in [1.54, 1.807) is 0 Å². The lowest BCUT2D eigenvalue weighted by Crippen LogP contribution is -2.42. The Morgan fingerprint density at radius 1 is 1.41 bits per heavy atom. The van der Waals surface area contributed by atoms with E-state index in [1.807, 2.05) is 24.3 Å². The minimum atomic E-state index is 0.415. The zero-order valence-electron chi connectivity index (χ0n) is 13.2. The highest BCUT2D eigenvalue weighted by molar-refractivity contribution is 7.10. The number of ether oxygens (including phenoxy) is 1. The standard InChI is InChI=1S/C16H23N3O2S/c1-13-10-14(21-17-13)11-18(2)12-15(16-4-3-9-22-16)19-5-7-20-8-6-19/h3-4,9-10,15H,5-8,11-12H2,1-2H3/t15-/m1/s1. The summed E-state index contributed by atoms with van der Waals surface area (Å²) < 4.78 is 10.8. The van der Waals surface area contributed by atoms with Gasteiger partial charge in [0.25, 0.3) is 0 Å². The molecule has 1 atom stereocenters. The fourth-order valence-electron chi connectivity index (χ4n) is 2.87. The third-order valence-electron chi connectivity index (χ3n) is 3.95. The fraction of sp³-hybridized carbons (Fsp3) is 0.562. The molecule has 22 heavy (non-hydrogen) atoms. The topological polar surface area (TPSA) is 41.7 Å². The van der Waals surface area contributed by atoms with Crippen LogP contribution in [-0.4, -0.2) is 54.9 Å². The fourth-order valence-corrected chi connectivity index (χ4v) is 3.72. The second kappa shape index (κ2) is 7.37. The van der Waals surface area contributed by atoms with Crippen molar-refractivity contribution in [3.63, 3.8) is 0 Å². The number of likely N-dealkylation sites (N-methyl/N-ethyl adjacent to an activating group) is 1. The van der Waals surface area contributed by atoms with Crippen LogP contribution < -0.4 is 0 Å². The largest absolute Gasteiger partial charge is 0.379 e. The number of aromatic nitrogens is 1. The lowest BCUT2D eigenvalue weighted by molar-refractivity contribution is 0.00918. The zero-order valence-corrected chi connectivity index (χ0v) is 14.0. The molecule has 1 aliphatic heterocycles. The van der Waals surface area contributed by atoms with Crippen LogP contribution in [0.25, 0.3) is 0 Å². The highest BCUT2D eigenvalue weighted by Crippen LogP contribution is 2.27. The second-order valence-corrected chi connectivity index (χ2v) is 6.79. The molecule has 0 N–H and O–H groups in total. The summed E-state index contributed by atoms with van der Waals surface area (Å²) in [7, 11) is 2.14. The van der Waals surface area contributed by atoms with Gasteiger partial charge in [-0.1, -0.05) is 11.2 Å². The molecule has 3 heterocycles. The predicted molar refractivity (Wildman–Crippen MR) is 87.0 cm³/mol. The lowest BCUT2D eigenvalue weighted by atomic mass is 10.1. The third kappa shape index (κ3) is 3.95. The van der Waals surface area contributed by atoms with Crippen molar-refractivity contribution in [3.8, 4) is 0 Å². The molecule has 0 bridgehead atoms. The maximum atomic E-state index is 5.50. The van der Waals surface area contributed by atoms with Crippen LogP contribution in [0, 0.1) is 6.92 Å². The lowest BCUT2D eigenvalue weighted by Gasteiger charge is -2.36. The van der Waals surface area contributed by atoms with Gasteiger partial charge in [0.05, 0.1) is 31.5 Å². The Hall–Kier alpha value is -1.21. The van der Waals surface area contributed by atoms with Crippen LogP contribution in [0.3, 0.4) is 0 Å². The van der Waals surface area contributed by atoms with E-state index in [0.29, 0.717) is 6.04 Å². The van der Waals surface area contributed by atoms with E-state index in [4.69, 9.17) is 9.26 Å². The molecular weight excluding hydrogens is 298 g/mol. The Balaban J connectivity index is 1.66. The Bertz CT molecular complexity index is 564. The van der Waals surface area contributed by atoms with Crippen molar-refractivity contribution in [3.05, 3.63) is 39.9 Å². The quantitative estimate of drug-likeness (QED) is 0.818. The number of thiophene rings is 1. The summed E-state index contributed by atoms with van der Waals surface area (Å²) >= 11 is 1.83. The first-order valence-corrected chi connectivity index (χ1v) is 8.56. The molecule has 0 saturated carbocycles. The Kier molecular flexibility index (Phi) is 5.25. The van der Waals surface area contributed by atoms with Crippen molar-refractivity contribution >= 4 is 11.3 Å². The molecule has 0 radical (unpaired) electrons. The van der Waals surface area contributed by atoms with Crippen LogP contribution in [-0.2, 0) is 11.3 Å². The van der Waals surface area contributed by atoms with Crippen molar-refractivity contribution in [1.29, 1.82) is 0 Å². The highest BCUT2D eigenvalue weighted by atomic mass is 32.1. The minimum absolute atomic E-state index is 0.415. The molecule has 1 saturated heterocycles. The minimum Gasteiger partial charge on any atom is -0.379 e. The molecule has 1 aliphatic rings. The zero-order chi connectivity index (χ0) is 15.4. The Morgan fingerprint density at radius 3 is 2.86 bits per heavy atom. The SMILES string of the molecule is Cc1cc(CN(C)C[C@H](c2cccs2)N2CCOCC2)on1. The number of hydrogen-bond donors (Lipinski definition) is 0.